The van der Waals surface area contributed by atoms with Crippen LogP contribution in [0.1, 0.15) is 44.1 Å². The van der Waals surface area contributed by atoms with Gasteiger partial charge in [0.25, 0.3) is 0 Å². The fourth-order valence-corrected chi connectivity index (χ4v) is 2.35. The maximum absolute atomic E-state index is 11.6. The lowest BCUT2D eigenvalue weighted by atomic mass is 10.0. The lowest BCUT2D eigenvalue weighted by Gasteiger charge is -2.16. The molecule has 1 unspecified atom stereocenters. The molecule has 1 aromatic rings. The van der Waals surface area contributed by atoms with Gasteiger partial charge in [0, 0.05) is 32.6 Å². The van der Waals surface area contributed by atoms with Crippen LogP contribution in [0.25, 0.3) is 0 Å². The van der Waals surface area contributed by atoms with Crippen LogP contribution in [0.4, 0.5) is 0 Å². The molecule has 0 aromatic heterocycles. The molecule has 1 fully saturated rings. The smallest absolute Gasteiger partial charge is 0.220 e. The summed E-state index contributed by atoms with van der Waals surface area (Å²) in [6.45, 7) is 3.77. The van der Waals surface area contributed by atoms with Gasteiger partial charge in [-0.15, -0.1) is 0 Å². The molecule has 23 heavy (non-hydrogen) atoms. The van der Waals surface area contributed by atoms with E-state index in [4.69, 9.17) is 0 Å². The van der Waals surface area contributed by atoms with Crippen molar-refractivity contribution in [1.82, 2.24) is 16.0 Å². The maximum Gasteiger partial charge on any atom is 0.220 e. The van der Waals surface area contributed by atoms with Crippen LogP contribution < -0.4 is 16.0 Å². The zero-order valence-corrected chi connectivity index (χ0v) is 14.1. The highest BCUT2D eigenvalue weighted by atomic mass is 16.1. The minimum atomic E-state index is 0.162. The number of benzene rings is 1. The summed E-state index contributed by atoms with van der Waals surface area (Å²) in [6, 6.07) is 10.9. The molecule has 126 valence electrons. The minimum absolute atomic E-state index is 0.162. The third kappa shape index (κ3) is 6.72. The van der Waals surface area contributed by atoms with Gasteiger partial charge in [-0.25, -0.2) is 0 Å². The van der Waals surface area contributed by atoms with Crippen molar-refractivity contribution in [2.24, 2.45) is 4.99 Å². The van der Waals surface area contributed by atoms with Crippen molar-refractivity contribution < 1.29 is 4.79 Å². The second-order valence-corrected chi connectivity index (χ2v) is 6.14. The summed E-state index contributed by atoms with van der Waals surface area (Å²) in [5, 5.41) is 9.60. The van der Waals surface area contributed by atoms with Gasteiger partial charge in [-0.1, -0.05) is 37.3 Å². The number of nitrogens with one attached hydrogen (secondary N) is 3. The lowest BCUT2D eigenvalue weighted by Crippen LogP contribution is -2.39. The van der Waals surface area contributed by atoms with Gasteiger partial charge in [0.2, 0.25) is 5.91 Å². The Kier molecular flexibility index (Phi) is 6.91. The molecular formula is C18H28N4O. The van der Waals surface area contributed by atoms with Crippen molar-refractivity contribution in [2.45, 2.75) is 44.6 Å². The zero-order chi connectivity index (χ0) is 16.5. The normalized spacial score (nSPS) is 15.8. The standard InChI is InChI=1S/C18H28N4O/c1-14(15-7-4-3-5-8-15)13-21-18(19-2)20-12-6-9-17(23)22-16-10-11-16/h3-5,7-8,14,16H,6,9-13H2,1-2H3,(H,22,23)(H2,19,20,21). The predicted molar refractivity (Wildman–Crippen MR) is 94.6 cm³/mol. The maximum atomic E-state index is 11.6. The summed E-state index contributed by atoms with van der Waals surface area (Å²) in [5.41, 5.74) is 1.31. The highest BCUT2D eigenvalue weighted by Gasteiger charge is 2.22. The van der Waals surface area contributed by atoms with Crippen LogP contribution in [0.5, 0.6) is 0 Å². The van der Waals surface area contributed by atoms with Crippen LogP contribution in [0.2, 0.25) is 0 Å². The van der Waals surface area contributed by atoms with Gasteiger partial charge in [0.15, 0.2) is 5.96 Å². The molecule has 1 aliphatic carbocycles. The molecule has 0 radical (unpaired) electrons. The van der Waals surface area contributed by atoms with Gasteiger partial charge in [-0.05, 0) is 30.7 Å². The van der Waals surface area contributed by atoms with Gasteiger partial charge in [-0.3, -0.25) is 9.79 Å². The molecule has 2 rings (SSSR count). The molecule has 5 heteroatoms. The van der Waals surface area contributed by atoms with E-state index in [1.54, 1.807) is 7.05 Å². The summed E-state index contributed by atoms with van der Waals surface area (Å²) >= 11 is 0. The summed E-state index contributed by atoms with van der Waals surface area (Å²) in [4.78, 5) is 15.8. The zero-order valence-electron chi connectivity index (χ0n) is 14.1. The van der Waals surface area contributed by atoms with Crippen LogP contribution in [-0.2, 0) is 4.79 Å². The number of nitrogens with zero attached hydrogens (tertiary/aromatic N) is 1. The molecule has 3 N–H and O–H groups in total. The van der Waals surface area contributed by atoms with Crippen LogP contribution in [0.3, 0.4) is 0 Å². The van der Waals surface area contributed by atoms with Gasteiger partial charge < -0.3 is 16.0 Å². The van der Waals surface area contributed by atoms with Crippen LogP contribution in [0, 0.1) is 0 Å². The third-order valence-corrected chi connectivity index (χ3v) is 3.98. The van der Waals surface area contributed by atoms with Crippen molar-refractivity contribution in [2.75, 3.05) is 20.1 Å². The molecule has 0 spiro atoms. The highest BCUT2D eigenvalue weighted by molar-refractivity contribution is 5.80. The molecule has 1 aromatic carbocycles. The van der Waals surface area contributed by atoms with E-state index in [9.17, 15) is 4.79 Å². The Morgan fingerprint density at radius 1 is 1.26 bits per heavy atom. The van der Waals surface area contributed by atoms with Gasteiger partial charge >= 0.3 is 0 Å². The van der Waals surface area contributed by atoms with Crippen molar-refractivity contribution in [3.8, 4) is 0 Å². The number of hydrogen-bond donors (Lipinski definition) is 3. The third-order valence-electron chi connectivity index (χ3n) is 3.98. The Bertz CT molecular complexity index is 511. The Labute approximate surface area is 139 Å². The fraction of sp³-hybridized carbons (Fsp3) is 0.556. The average molecular weight is 316 g/mol. The minimum Gasteiger partial charge on any atom is -0.356 e. The monoisotopic (exact) mass is 316 g/mol. The Morgan fingerprint density at radius 2 is 2.00 bits per heavy atom. The molecular weight excluding hydrogens is 288 g/mol. The van der Waals surface area contributed by atoms with Crippen LogP contribution in [-0.4, -0.2) is 38.0 Å². The first-order valence-corrected chi connectivity index (χ1v) is 8.48. The second-order valence-electron chi connectivity index (χ2n) is 6.14. The first-order chi connectivity index (χ1) is 11.2. The van der Waals surface area contributed by atoms with Crippen LogP contribution in [0.15, 0.2) is 35.3 Å². The van der Waals surface area contributed by atoms with Crippen LogP contribution >= 0.6 is 0 Å². The molecule has 1 atom stereocenters. The van der Waals surface area contributed by atoms with Crippen molar-refractivity contribution in [1.29, 1.82) is 0 Å². The number of carbonyl (C=O) groups excluding carboxylic acids is 1. The molecule has 1 saturated carbocycles. The Hall–Kier alpha value is -2.04. The summed E-state index contributed by atoms with van der Waals surface area (Å²) in [7, 11) is 1.77. The number of amides is 1. The van der Waals surface area contributed by atoms with E-state index in [2.05, 4.69) is 52.1 Å². The SMILES string of the molecule is CN=C(NCCCC(=O)NC1CC1)NCC(C)c1ccccc1. The van der Waals surface area contributed by atoms with E-state index < -0.39 is 0 Å². The summed E-state index contributed by atoms with van der Waals surface area (Å²) in [6.07, 6.45) is 3.66. The number of carbonyl (C=O) groups is 1. The van der Waals surface area contributed by atoms with E-state index in [1.165, 1.54) is 5.56 Å². The number of hydrogen-bond acceptors (Lipinski definition) is 2. The molecule has 5 nitrogen and oxygen atoms in total. The number of guanidine groups is 1. The second kappa shape index (κ2) is 9.18. The van der Waals surface area contributed by atoms with Crippen molar-refractivity contribution in [3.05, 3.63) is 35.9 Å². The van der Waals surface area contributed by atoms with E-state index in [1.807, 2.05) is 6.07 Å². The summed E-state index contributed by atoms with van der Waals surface area (Å²) in [5.74, 6) is 1.37. The molecule has 0 aliphatic heterocycles. The lowest BCUT2D eigenvalue weighted by molar-refractivity contribution is -0.121. The van der Waals surface area contributed by atoms with Crippen molar-refractivity contribution >= 4 is 11.9 Å². The first kappa shape index (κ1) is 17.3. The molecule has 1 amide bonds. The largest absolute Gasteiger partial charge is 0.356 e. The quantitative estimate of drug-likeness (QED) is 0.390. The van der Waals surface area contributed by atoms with Gasteiger partial charge in [0.1, 0.15) is 0 Å². The molecule has 0 bridgehead atoms. The van der Waals surface area contributed by atoms with E-state index in [-0.39, 0.29) is 5.91 Å². The fourth-order valence-electron chi connectivity index (χ4n) is 2.35. The number of aliphatic imine (C=N–C) groups is 1. The molecule has 0 saturated heterocycles. The Balaban J connectivity index is 1.60. The predicted octanol–water partition coefficient (Wildman–Crippen LogP) is 2.01. The van der Waals surface area contributed by atoms with E-state index in [0.29, 0.717) is 18.4 Å². The van der Waals surface area contributed by atoms with E-state index >= 15 is 0 Å². The van der Waals surface area contributed by atoms with Gasteiger partial charge in [-0.2, -0.15) is 0 Å². The topological polar surface area (TPSA) is 65.5 Å². The first-order valence-electron chi connectivity index (χ1n) is 8.48. The van der Waals surface area contributed by atoms with Crippen molar-refractivity contribution in [3.63, 3.8) is 0 Å². The molecule has 0 heterocycles. The summed E-state index contributed by atoms with van der Waals surface area (Å²) < 4.78 is 0. The highest BCUT2D eigenvalue weighted by Crippen LogP contribution is 2.18. The average Bonchev–Trinajstić information content (AvgIpc) is 3.38. The van der Waals surface area contributed by atoms with E-state index in [0.717, 1.165) is 38.3 Å². The van der Waals surface area contributed by atoms with Gasteiger partial charge in [0.05, 0.1) is 0 Å². The Morgan fingerprint density at radius 3 is 2.65 bits per heavy atom. The number of rotatable bonds is 8. The molecule has 1 aliphatic rings.